The third-order valence-corrected chi connectivity index (χ3v) is 5.08. The summed E-state index contributed by atoms with van der Waals surface area (Å²) in [5.74, 6) is -1.19. The summed E-state index contributed by atoms with van der Waals surface area (Å²) in [5.41, 5.74) is 0.787. The molecule has 27 heavy (non-hydrogen) atoms. The molecule has 1 aromatic carbocycles. The first-order chi connectivity index (χ1) is 13.1. The number of rotatable bonds is 5. The quantitative estimate of drug-likeness (QED) is 0.586. The molecule has 0 unspecified atom stereocenters. The Morgan fingerprint density at radius 3 is 2.44 bits per heavy atom. The van der Waals surface area contributed by atoms with E-state index in [2.05, 4.69) is 10.1 Å². The first-order valence-corrected chi connectivity index (χ1v) is 9.02. The van der Waals surface area contributed by atoms with Crippen LogP contribution in [0.3, 0.4) is 0 Å². The number of likely N-dealkylation sites (tertiary alicyclic amines) is 1. The van der Waals surface area contributed by atoms with Gasteiger partial charge in [0.1, 0.15) is 6.54 Å². The number of carbonyl (C=O) groups is 3. The molecule has 1 saturated carbocycles. The van der Waals surface area contributed by atoms with Crippen LogP contribution in [-0.2, 0) is 25.7 Å². The van der Waals surface area contributed by atoms with Crippen LogP contribution in [0.5, 0.6) is 0 Å². The van der Waals surface area contributed by atoms with Crippen LogP contribution in [0, 0.1) is 11.8 Å². The molecule has 0 spiro atoms. The maximum absolute atomic E-state index is 12.4. The Hall–Kier alpha value is -3.03. The van der Waals surface area contributed by atoms with Crippen LogP contribution < -0.4 is 0 Å². The SMILES string of the molecule is O=C(CN1C(=O)[C@H]2CCCC[C@H]2C1=O)OCc1nc(-c2ccccc2)no1. The standard InChI is InChI=1S/C19H19N3O5/c23-16(10-22-18(24)13-8-4-5-9-14(13)19(22)25)26-11-15-20-17(21-27-15)12-6-2-1-3-7-12/h1-3,6-7,13-14H,4-5,8-11H2/t13-,14+. The number of hydrogen-bond acceptors (Lipinski definition) is 7. The lowest BCUT2D eigenvalue weighted by Crippen LogP contribution is -2.36. The topological polar surface area (TPSA) is 103 Å². The number of aromatic nitrogens is 2. The van der Waals surface area contributed by atoms with E-state index in [4.69, 9.17) is 9.26 Å². The minimum Gasteiger partial charge on any atom is -0.454 e. The molecule has 1 aromatic heterocycles. The summed E-state index contributed by atoms with van der Waals surface area (Å²) in [6.45, 7) is -0.577. The maximum atomic E-state index is 12.4. The molecule has 1 aliphatic heterocycles. The van der Waals surface area contributed by atoms with E-state index in [1.165, 1.54) is 0 Å². The number of carbonyl (C=O) groups excluding carboxylic acids is 3. The highest BCUT2D eigenvalue weighted by atomic mass is 16.6. The van der Waals surface area contributed by atoms with E-state index >= 15 is 0 Å². The summed E-state index contributed by atoms with van der Waals surface area (Å²) >= 11 is 0. The zero-order valence-electron chi connectivity index (χ0n) is 14.7. The molecule has 8 nitrogen and oxygen atoms in total. The molecule has 2 atom stereocenters. The Morgan fingerprint density at radius 2 is 1.78 bits per heavy atom. The number of ether oxygens (including phenoxy) is 1. The fraction of sp³-hybridized carbons (Fsp3) is 0.421. The molecule has 8 heteroatoms. The largest absolute Gasteiger partial charge is 0.454 e. The van der Waals surface area contributed by atoms with Gasteiger partial charge in [-0.05, 0) is 12.8 Å². The molecule has 2 aliphatic rings. The Bertz CT molecular complexity index is 839. The summed E-state index contributed by atoms with van der Waals surface area (Å²) in [4.78, 5) is 42.0. The molecule has 2 aromatic rings. The monoisotopic (exact) mass is 369 g/mol. The minimum atomic E-state index is -0.671. The van der Waals surface area contributed by atoms with E-state index in [1.807, 2.05) is 30.3 Å². The van der Waals surface area contributed by atoms with Crippen LogP contribution in [-0.4, -0.2) is 39.4 Å². The van der Waals surface area contributed by atoms with Gasteiger partial charge in [-0.3, -0.25) is 19.3 Å². The van der Waals surface area contributed by atoms with Crippen LogP contribution in [0.1, 0.15) is 31.6 Å². The van der Waals surface area contributed by atoms with Crippen molar-refractivity contribution in [3.63, 3.8) is 0 Å². The molecule has 4 rings (SSSR count). The highest BCUT2D eigenvalue weighted by Gasteiger charge is 2.48. The van der Waals surface area contributed by atoms with Crippen molar-refractivity contribution in [1.82, 2.24) is 15.0 Å². The van der Waals surface area contributed by atoms with Gasteiger partial charge in [-0.1, -0.05) is 48.3 Å². The molecular formula is C19H19N3O5. The predicted octanol–water partition coefficient (Wildman–Crippen LogP) is 1.95. The average Bonchev–Trinajstić information content (AvgIpc) is 3.27. The fourth-order valence-electron chi connectivity index (χ4n) is 3.72. The Labute approximate surface area is 155 Å². The number of nitrogens with zero attached hydrogens (tertiary/aromatic N) is 3. The first-order valence-electron chi connectivity index (χ1n) is 9.02. The normalized spacial score (nSPS) is 22.0. The number of esters is 1. The highest BCUT2D eigenvalue weighted by molar-refractivity contribution is 6.07. The Kier molecular flexibility index (Phi) is 4.70. The van der Waals surface area contributed by atoms with Crippen molar-refractivity contribution in [1.29, 1.82) is 0 Å². The molecule has 1 aliphatic carbocycles. The zero-order chi connectivity index (χ0) is 18.8. The average molecular weight is 369 g/mol. The molecule has 0 bridgehead atoms. The lowest BCUT2D eigenvalue weighted by Gasteiger charge is -2.19. The van der Waals surface area contributed by atoms with E-state index in [0.29, 0.717) is 18.7 Å². The summed E-state index contributed by atoms with van der Waals surface area (Å²) < 4.78 is 10.2. The van der Waals surface area contributed by atoms with Gasteiger partial charge in [-0.2, -0.15) is 4.98 Å². The number of fused-ring (bicyclic) bond motifs is 1. The second-order valence-corrected chi connectivity index (χ2v) is 6.80. The van der Waals surface area contributed by atoms with Gasteiger partial charge in [-0.15, -0.1) is 0 Å². The van der Waals surface area contributed by atoms with Crippen molar-refractivity contribution < 1.29 is 23.6 Å². The molecule has 2 fully saturated rings. The smallest absolute Gasteiger partial charge is 0.326 e. The van der Waals surface area contributed by atoms with Gasteiger partial charge in [0.25, 0.3) is 5.89 Å². The van der Waals surface area contributed by atoms with Crippen molar-refractivity contribution in [2.75, 3.05) is 6.54 Å². The van der Waals surface area contributed by atoms with E-state index in [1.54, 1.807) is 0 Å². The highest BCUT2D eigenvalue weighted by Crippen LogP contribution is 2.37. The van der Waals surface area contributed by atoms with Crippen molar-refractivity contribution in [3.8, 4) is 11.4 Å². The van der Waals surface area contributed by atoms with E-state index in [0.717, 1.165) is 23.3 Å². The number of imide groups is 1. The summed E-state index contributed by atoms with van der Waals surface area (Å²) in [7, 11) is 0. The summed E-state index contributed by atoms with van der Waals surface area (Å²) in [5, 5.41) is 3.84. The van der Waals surface area contributed by atoms with E-state index < -0.39 is 5.97 Å². The molecule has 0 radical (unpaired) electrons. The molecular weight excluding hydrogens is 350 g/mol. The Morgan fingerprint density at radius 1 is 1.11 bits per heavy atom. The molecule has 140 valence electrons. The van der Waals surface area contributed by atoms with E-state index in [-0.39, 0.29) is 42.7 Å². The molecule has 2 amide bonds. The fourth-order valence-corrected chi connectivity index (χ4v) is 3.72. The van der Waals surface area contributed by atoms with Gasteiger partial charge in [0.15, 0.2) is 6.61 Å². The molecule has 0 N–H and O–H groups in total. The van der Waals surface area contributed by atoms with Gasteiger partial charge >= 0.3 is 5.97 Å². The van der Waals surface area contributed by atoms with Gasteiger partial charge in [-0.25, -0.2) is 0 Å². The van der Waals surface area contributed by atoms with Gasteiger partial charge < -0.3 is 9.26 Å². The number of amides is 2. The lowest BCUT2D eigenvalue weighted by molar-refractivity contribution is -0.154. The second kappa shape index (κ2) is 7.30. The first kappa shape index (κ1) is 17.4. The van der Waals surface area contributed by atoms with Crippen molar-refractivity contribution in [3.05, 3.63) is 36.2 Å². The van der Waals surface area contributed by atoms with Gasteiger partial charge in [0.2, 0.25) is 17.6 Å². The maximum Gasteiger partial charge on any atom is 0.326 e. The van der Waals surface area contributed by atoms with Gasteiger partial charge in [0.05, 0.1) is 11.8 Å². The summed E-state index contributed by atoms with van der Waals surface area (Å²) in [6, 6.07) is 9.26. The van der Waals surface area contributed by atoms with Crippen LogP contribution in [0.25, 0.3) is 11.4 Å². The summed E-state index contributed by atoms with van der Waals surface area (Å²) in [6.07, 6.45) is 3.31. The van der Waals surface area contributed by atoms with Crippen LogP contribution in [0.2, 0.25) is 0 Å². The molecule has 2 heterocycles. The Balaban J connectivity index is 1.33. The minimum absolute atomic E-state index is 0.148. The number of hydrogen-bond donors (Lipinski definition) is 0. The van der Waals surface area contributed by atoms with Crippen LogP contribution in [0.4, 0.5) is 0 Å². The van der Waals surface area contributed by atoms with Crippen LogP contribution in [0.15, 0.2) is 34.9 Å². The third kappa shape index (κ3) is 3.47. The van der Waals surface area contributed by atoms with Crippen molar-refractivity contribution in [2.45, 2.75) is 32.3 Å². The van der Waals surface area contributed by atoms with E-state index in [9.17, 15) is 14.4 Å². The van der Waals surface area contributed by atoms with Crippen molar-refractivity contribution >= 4 is 17.8 Å². The second-order valence-electron chi connectivity index (χ2n) is 6.80. The predicted molar refractivity (Wildman–Crippen MR) is 91.7 cm³/mol. The number of benzene rings is 1. The lowest BCUT2D eigenvalue weighted by atomic mass is 9.81. The molecule has 1 saturated heterocycles. The van der Waals surface area contributed by atoms with Gasteiger partial charge in [0, 0.05) is 5.56 Å². The zero-order valence-corrected chi connectivity index (χ0v) is 14.7. The van der Waals surface area contributed by atoms with Crippen LogP contribution >= 0.6 is 0 Å². The third-order valence-electron chi connectivity index (χ3n) is 5.08. The van der Waals surface area contributed by atoms with Crippen molar-refractivity contribution in [2.24, 2.45) is 11.8 Å².